The van der Waals surface area contributed by atoms with Gasteiger partial charge in [-0.1, -0.05) is 11.6 Å². The summed E-state index contributed by atoms with van der Waals surface area (Å²) in [5.74, 6) is 1.59. The van der Waals surface area contributed by atoms with E-state index in [0.29, 0.717) is 30.4 Å². The van der Waals surface area contributed by atoms with Gasteiger partial charge in [0.15, 0.2) is 0 Å². The van der Waals surface area contributed by atoms with Crippen molar-refractivity contribution in [2.75, 3.05) is 29.5 Å². The molecular weight excluding hydrogens is 266 g/mol. The van der Waals surface area contributed by atoms with E-state index in [9.17, 15) is 14.3 Å². The molecule has 1 aliphatic heterocycles. The van der Waals surface area contributed by atoms with Gasteiger partial charge in [0, 0.05) is 35.4 Å². The zero-order valence-corrected chi connectivity index (χ0v) is 10.4. The summed E-state index contributed by atoms with van der Waals surface area (Å²) in [6.45, 7) is 1.16. The quantitative estimate of drug-likeness (QED) is 0.461. The number of anilines is 1. The highest BCUT2D eigenvalue weighted by Gasteiger charge is 2.19. The molecular formula is C9H10ClN3O3S. The van der Waals surface area contributed by atoms with E-state index >= 15 is 0 Å². The van der Waals surface area contributed by atoms with Crippen LogP contribution in [-0.2, 0) is 10.8 Å². The Morgan fingerprint density at radius 3 is 2.65 bits per heavy atom. The molecule has 6 nitrogen and oxygen atoms in total. The summed E-state index contributed by atoms with van der Waals surface area (Å²) >= 11 is 5.74. The van der Waals surface area contributed by atoms with Gasteiger partial charge in [-0.15, -0.1) is 0 Å². The van der Waals surface area contributed by atoms with E-state index < -0.39 is 15.7 Å². The molecule has 0 aromatic carbocycles. The number of rotatable bonds is 2. The third-order valence-electron chi connectivity index (χ3n) is 2.48. The van der Waals surface area contributed by atoms with Crippen LogP contribution in [0.2, 0.25) is 5.15 Å². The van der Waals surface area contributed by atoms with Crippen molar-refractivity contribution in [3.05, 3.63) is 27.4 Å². The van der Waals surface area contributed by atoms with Gasteiger partial charge in [0.25, 0.3) is 5.69 Å². The normalized spacial score (nSPS) is 17.1. The molecule has 0 aliphatic carbocycles. The van der Waals surface area contributed by atoms with E-state index in [4.69, 9.17) is 11.6 Å². The molecule has 0 saturated carbocycles. The number of halogens is 1. The lowest BCUT2D eigenvalue weighted by molar-refractivity contribution is -0.384. The molecule has 1 saturated heterocycles. The van der Waals surface area contributed by atoms with Crippen LogP contribution in [0.3, 0.4) is 0 Å². The van der Waals surface area contributed by atoms with Crippen molar-refractivity contribution in [3.8, 4) is 0 Å². The predicted molar refractivity (Wildman–Crippen MR) is 66.0 cm³/mol. The van der Waals surface area contributed by atoms with E-state index in [1.807, 2.05) is 4.90 Å². The summed E-state index contributed by atoms with van der Waals surface area (Å²) < 4.78 is 11.2. The second kappa shape index (κ2) is 4.97. The van der Waals surface area contributed by atoms with Gasteiger partial charge >= 0.3 is 0 Å². The molecule has 0 N–H and O–H groups in total. The third kappa shape index (κ3) is 2.92. The fourth-order valence-corrected chi connectivity index (χ4v) is 2.85. The van der Waals surface area contributed by atoms with Crippen LogP contribution in [0, 0.1) is 10.1 Å². The van der Waals surface area contributed by atoms with Gasteiger partial charge in [-0.05, 0) is 0 Å². The Morgan fingerprint density at radius 2 is 2.06 bits per heavy atom. The van der Waals surface area contributed by atoms with Crippen molar-refractivity contribution >= 4 is 33.9 Å². The Labute approximate surface area is 105 Å². The monoisotopic (exact) mass is 275 g/mol. The maximum atomic E-state index is 11.2. The van der Waals surface area contributed by atoms with Crippen LogP contribution < -0.4 is 4.90 Å². The molecule has 0 radical (unpaired) electrons. The maximum Gasteiger partial charge on any atom is 0.276 e. The number of aromatic nitrogens is 1. The van der Waals surface area contributed by atoms with Crippen LogP contribution in [0.5, 0.6) is 0 Å². The summed E-state index contributed by atoms with van der Waals surface area (Å²) in [6.07, 6.45) is 0. The van der Waals surface area contributed by atoms with Crippen LogP contribution in [0.1, 0.15) is 0 Å². The molecule has 17 heavy (non-hydrogen) atoms. The standard InChI is InChI=1S/C9H10ClN3O3S/c10-8-5-7(13(14)15)6-9(11-8)12-1-3-17(16)4-2-12/h5-6H,1-4H2. The van der Waals surface area contributed by atoms with Crippen molar-refractivity contribution in [1.29, 1.82) is 0 Å². The van der Waals surface area contributed by atoms with Crippen LogP contribution in [0.15, 0.2) is 12.1 Å². The molecule has 0 unspecified atom stereocenters. The summed E-state index contributed by atoms with van der Waals surface area (Å²) in [5.41, 5.74) is -0.0771. The van der Waals surface area contributed by atoms with Crippen molar-refractivity contribution < 1.29 is 9.13 Å². The summed E-state index contributed by atoms with van der Waals surface area (Å²) in [4.78, 5) is 16.1. The Balaban J connectivity index is 2.26. The lowest BCUT2D eigenvalue weighted by Crippen LogP contribution is -2.38. The number of pyridine rings is 1. The van der Waals surface area contributed by atoms with Crippen molar-refractivity contribution in [2.24, 2.45) is 0 Å². The predicted octanol–water partition coefficient (Wildman–Crippen LogP) is 1.21. The molecule has 1 aromatic rings. The highest BCUT2D eigenvalue weighted by molar-refractivity contribution is 7.85. The topological polar surface area (TPSA) is 76.3 Å². The lowest BCUT2D eigenvalue weighted by atomic mass is 10.3. The van der Waals surface area contributed by atoms with Gasteiger partial charge < -0.3 is 4.90 Å². The summed E-state index contributed by atoms with van der Waals surface area (Å²) in [5, 5.41) is 10.8. The van der Waals surface area contributed by atoms with Gasteiger partial charge in [0.05, 0.1) is 17.1 Å². The maximum absolute atomic E-state index is 11.2. The molecule has 0 spiro atoms. The highest BCUT2D eigenvalue weighted by Crippen LogP contribution is 2.23. The van der Waals surface area contributed by atoms with E-state index in [0.717, 1.165) is 0 Å². The van der Waals surface area contributed by atoms with Gasteiger partial charge in [0.1, 0.15) is 11.0 Å². The van der Waals surface area contributed by atoms with Crippen LogP contribution >= 0.6 is 11.6 Å². The molecule has 1 aliphatic rings. The van der Waals surface area contributed by atoms with Gasteiger partial charge in [-0.25, -0.2) is 4.98 Å². The van der Waals surface area contributed by atoms with Crippen molar-refractivity contribution in [1.82, 2.24) is 4.98 Å². The minimum Gasteiger partial charge on any atom is -0.355 e. The third-order valence-corrected chi connectivity index (χ3v) is 3.95. The second-order valence-corrected chi connectivity index (χ2v) is 5.68. The largest absolute Gasteiger partial charge is 0.355 e. The minimum absolute atomic E-state index is 0.0771. The molecule has 0 amide bonds. The van der Waals surface area contributed by atoms with Crippen LogP contribution in [0.4, 0.5) is 11.5 Å². The SMILES string of the molecule is O=[N+]([O-])c1cc(Cl)nc(N2CCS(=O)CC2)c1. The molecule has 0 atom stereocenters. The van der Waals surface area contributed by atoms with Crippen LogP contribution in [-0.4, -0.2) is 38.7 Å². The highest BCUT2D eigenvalue weighted by atomic mass is 35.5. The molecule has 1 aromatic heterocycles. The minimum atomic E-state index is -0.790. The average Bonchev–Trinajstić information content (AvgIpc) is 2.29. The second-order valence-electron chi connectivity index (χ2n) is 3.60. The number of hydrogen-bond acceptors (Lipinski definition) is 5. The molecule has 0 bridgehead atoms. The van der Waals surface area contributed by atoms with E-state index in [2.05, 4.69) is 4.98 Å². The van der Waals surface area contributed by atoms with Gasteiger partial charge in [0.2, 0.25) is 0 Å². The fourth-order valence-electron chi connectivity index (χ4n) is 1.60. The Kier molecular flexibility index (Phi) is 3.58. The summed E-state index contributed by atoms with van der Waals surface area (Å²) in [6, 6.07) is 2.60. The molecule has 92 valence electrons. The first-order valence-corrected chi connectivity index (χ1v) is 6.85. The van der Waals surface area contributed by atoms with E-state index in [-0.39, 0.29) is 10.8 Å². The zero-order chi connectivity index (χ0) is 12.4. The first-order valence-electron chi connectivity index (χ1n) is 4.98. The van der Waals surface area contributed by atoms with E-state index in [1.165, 1.54) is 12.1 Å². The molecule has 2 rings (SSSR count). The Hall–Kier alpha value is -1.21. The van der Waals surface area contributed by atoms with Crippen molar-refractivity contribution in [3.63, 3.8) is 0 Å². The molecule has 1 fully saturated rings. The molecule has 8 heteroatoms. The number of nitrogens with zero attached hydrogens (tertiary/aromatic N) is 3. The first kappa shape index (κ1) is 12.3. The smallest absolute Gasteiger partial charge is 0.276 e. The Bertz CT molecular complexity index is 473. The van der Waals surface area contributed by atoms with Crippen molar-refractivity contribution in [2.45, 2.75) is 0 Å². The average molecular weight is 276 g/mol. The van der Waals surface area contributed by atoms with Gasteiger partial charge in [-0.3, -0.25) is 14.3 Å². The Morgan fingerprint density at radius 1 is 1.41 bits per heavy atom. The summed E-state index contributed by atoms with van der Waals surface area (Å²) in [7, 11) is -0.790. The van der Waals surface area contributed by atoms with Crippen LogP contribution in [0.25, 0.3) is 0 Å². The van der Waals surface area contributed by atoms with Gasteiger partial charge in [-0.2, -0.15) is 0 Å². The zero-order valence-electron chi connectivity index (χ0n) is 8.84. The number of hydrogen-bond donors (Lipinski definition) is 0. The molecule has 2 heterocycles. The lowest BCUT2D eigenvalue weighted by Gasteiger charge is -2.27. The number of nitro groups is 1. The fraction of sp³-hybridized carbons (Fsp3) is 0.444. The first-order chi connectivity index (χ1) is 8.06. The van der Waals surface area contributed by atoms with E-state index in [1.54, 1.807) is 0 Å².